The molecule has 0 radical (unpaired) electrons. The van der Waals surface area contributed by atoms with Gasteiger partial charge in [0.1, 0.15) is 11.4 Å². The lowest BCUT2D eigenvalue weighted by Gasteiger charge is -2.14. The molecule has 0 amide bonds. The predicted molar refractivity (Wildman–Crippen MR) is 129 cm³/mol. The van der Waals surface area contributed by atoms with E-state index in [0.717, 1.165) is 12.1 Å². The number of alkyl halides is 3. The molecule has 0 bridgehead atoms. The van der Waals surface area contributed by atoms with Gasteiger partial charge in [-0.1, -0.05) is 18.2 Å². The third kappa shape index (κ3) is 4.69. The summed E-state index contributed by atoms with van der Waals surface area (Å²) < 4.78 is 70.8. The third-order valence-electron chi connectivity index (χ3n) is 5.98. The van der Waals surface area contributed by atoms with Gasteiger partial charge in [-0.3, -0.25) is 9.78 Å². The molecule has 8 nitrogen and oxygen atoms in total. The molecule has 0 atom stereocenters. The highest BCUT2D eigenvalue weighted by atomic mass is 19.4. The van der Waals surface area contributed by atoms with E-state index in [1.165, 1.54) is 47.5 Å². The van der Waals surface area contributed by atoms with Gasteiger partial charge >= 0.3 is 6.18 Å². The third-order valence-corrected chi connectivity index (χ3v) is 5.98. The average molecular weight is 534 g/mol. The van der Waals surface area contributed by atoms with Crippen LogP contribution in [-0.2, 0) is 12.7 Å². The van der Waals surface area contributed by atoms with Gasteiger partial charge in [0.05, 0.1) is 47.7 Å². The topological polar surface area (TPSA) is 98.1 Å². The summed E-state index contributed by atoms with van der Waals surface area (Å²) in [4.78, 5) is 8.48. The number of hydrogen-bond acceptors (Lipinski definition) is 6. The van der Waals surface area contributed by atoms with E-state index in [-0.39, 0.29) is 29.2 Å². The predicted octanol–water partition coefficient (Wildman–Crippen LogP) is 5.64. The lowest BCUT2D eigenvalue weighted by molar-refractivity contribution is -0.137. The van der Waals surface area contributed by atoms with E-state index < -0.39 is 23.4 Å². The molecule has 2 aliphatic rings. The maximum absolute atomic E-state index is 14.2. The highest BCUT2D eigenvalue weighted by Gasteiger charge is 2.34. The van der Waals surface area contributed by atoms with E-state index in [9.17, 15) is 22.0 Å². The van der Waals surface area contributed by atoms with Crippen molar-refractivity contribution in [3.05, 3.63) is 96.2 Å². The average Bonchev–Trinajstić information content (AvgIpc) is 3.60. The molecule has 0 aliphatic carbocycles. The van der Waals surface area contributed by atoms with Gasteiger partial charge < -0.3 is 0 Å². The number of aromatic amines is 1. The van der Waals surface area contributed by atoms with Crippen LogP contribution in [0.15, 0.2) is 73.3 Å². The van der Waals surface area contributed by atoms with Gasteiger partial charge in [-0.2, -0.15) is 33.6 Å². The Bertz CT molecular complexity index is 1740. The fourth-order valence-corrected chi connectivity index (χ4v) is 4.09. The number of H-pyrrole nitrogens is 1. The Morgan fingerprint density at radius 3 is 2.41 bits per heavy atom. The van der Waals surface area contributed by atoms with E-state index in [2.05, 4.69) is 35.5 Å². The Hall–Kier alpha value is -5.07. The minimum Gasteiger partial charge on any atom is -0.285 e. The summed E-state index contributed by atoms with van der Waals surface area (Å²) in [5.41, 5.74) is 1.12. The van der Waals surface area contributed by atoms with Crippen molar-refractivity contribution in [1.82, 2.24) is 40.1 Å². The number of aromatic nitrogens is 8. The minimum absolute atomic E-state index is 0.0185. The van der Waals surface area contributed by atoms with Crippen LogP contribution in [0.5, 0.6) is 0 Å². The largest absolute Gasteiger partial charge is 0.417 e. The fourth-order valence-electron chi connectivity index (χ4n) is 4.09. The first-order valence-electron chi connectivity index (χ1n) is 11.4. The quantitative estimate of drug-likeness (QED) is 0.288. The number of halogens is 5. The van der Waals surface area contributed by atoms with Crippen molar-refractivity contribution in [3.8, 4) is 45.2 Å². The zero-order chi connectivity index (χ0) is 27.1. The molecular formula is C26H15F5N8. The molecule has 2 aromatic carbocycles. The van der Waals surface area contributed by atoms with E-state index in [1.54, 1.807) is 18.3 Å². The lowest BCUT2D eigenvalue weighted by Crippen LogP contribution is -2.10. The van der Waals surface area contributed by atoms with Crippen LogP contribution in [0.4, 0.5) is 22.0 Å². The molecule has 0 saturated carbocycles. The lowest BCUT2D eigenvalue weighted by atomic mass is 9.98. The van der Waals surface area contributed by atoms with Crippen LogP contribution < -0.4 is 0 Å². The SMILES string of the molecule is Fc1cccc(-c2nc3cnn(Cc4ccc(-c5ccc(-c6cn[nH]c6)cc5C(F)(F)F)nn4)cc-3n2)c1F. The Labute approximate surface area is 216 Å². The van der Waals surface area contributed by atoms with E-state index in [0.29, 0.717) is 28.2 Å². The summed E-state index contributed by atoms with van der Waals surface area (Å²) in [6.07, 6.45) is 1.30. The number of benzene rings is 2. The molecule has 0 spiro atoms. The summed E-state index contributed by atoms with van der Waals surface area (Å²) in [5.74, 6) is -2.04. The summed E-state index contributed by atoms with van der Waals surface area (Å²) in [6, 6.07) is 10.7. The molecule has 2 aromatic heterocycles. The van der Waals surface area contributed by atoms with Crippen LogP contribution in [0.1, 0.15) is 11.3 Å². The van der Waals surface area contributed by atoms with Crippen molar-refractivity contribution in [2.75, 3.05) is 0 Å². The van der Waals surface area contributed by atoms with Gasteiger partial charge in [0.25, 0.3) is 0 Å². The molecule has 2 aliphatic heterocycles. The smallest absolute Gasteiger partial charge is 0.285 e. The number of nitrogens with one attached hydrogen (secondary N) is 1. The first-order valence-corrected chi connectivity index (χ1v) is 11.4. The number of hydrogen-bond donors (Lipinski definition) is 1. The number of rotatable bonds is 5. The minimum atomic E-state index is -4.61. The number of fused-ring (bicyclic) bond motifs is 1. The standard InChI is InChI=1S/C26H15F5N8/c27-20-3-1-2-18(24(20)28)25-35-22-11-34-39(13-23(22)36-25)12-16-5-7-21(38-37-16)17-6-4-14(15-9-32-33-10-15)8-19(17)26(29,30)31/h1-11,13H,12H2,(H,32,33). The Kier molecular flexibility index (Phi) is 5.82. The molecule has 13 heteroatoms. The van der Waals surface area contributed by atoms with Gasteiger partial charge in [0.15, 0.2) is 17.5 Å². The summed E-state index contributed by atoms with van der Waals surface area (Å²) in [7, 11) is 0. The van der Waals surface area contributed by atoms with Crippen molar-refractivity contribution >= 4 is 0 Å². The summed E-state index contributed by atoms with van der Waals surface area (Å²) in [6.45, 7) is 0.130. The van der Waals surface area contributed by atoms with Gasteiger partial charge in [-0.25, -0.2) is 18.7 Å². The normalized spacial score (nSPS) is 11.8. The van der Waals surface area contributed by atoms with Crippen LogP contribution >= 0.6 is 0 Å². The molecule has 1 N–H and O–H groups in total. The molecule has 0 saturated heterocycles. The number of imidazole rings is 1. The van der Waals surface area contributed by atoms with Crippen LogP contribution in [0.3, 0.4) is 0 Å². The molecule has 6 rings (SSSR count). The monoisotopic (exact) mass is 534 g/mol. The number of nitrogens with zero attached hydrogens (tertiary/aromatic N) is 7. The van der Waals surface area contributed by atoms with Gasteiger partial charge in [0.2, 0.25) is 0 Å². The zero-order valence-corrected chi connectivity index (χ0v) is 19.7. The maximum Gasteiger partial charge on any atom is 0.417 e. The second kappa shape index (κ2) is 9.35. The summed E-state index contributed by atoms with van der Waals surface area (Å²) in [5, 5.41) is 18.7. The first-order chi connectivity index (χ1) is 18.8. The Morgan fingerprint density at radius 2 is 1.67 bits per heavy atom. The van der Waals surface area contributed by atoms with Crippen molar-refractivity contribution in [1.29, 1.82) is 0 Å². The molecule has 4 aromatic rings. The summed E-state index contributed by atoms with van der Waals surface area (Å²) >= 11 is 0. The van der Waals surface area contributed by atoms with Crippen LogP contribution in [-0.4, -0.2) is 40.1 Å². The zero-order valence-electron chi connectivity index (χ0n) is 19.7. The van der Waals surface area contributed by atoms with Gasteiger partial charge in [-0.05, 0) is 35.9 Å². The molecular weight excluding hydrogens is 519 g/mol. The Balaban J connectivity index is 1.26. The van der Waals surface area contributed by atoms with Gasteiger partial charge in [-0.15, -0.1) is 0 Å². The van der Waals surface area contributed by atoms with E-state index in [4.69, 9.17) is 0 Å². The van der Waals surface area contributed by atoms with Crippen molar-refractivity contribution in [2.45, 2.75) is 12.7 Å². The van der Waals surface area contributed by atoms with Crippen LogP contribution in [0, 0.1) is 11.6 Å². The molecule has 194 valence electrons. The van der Waals surface area contributed by atoms with E-state index >= 15 is 0 Å². The molecule has 39 heavy (non-hydrogen) atoms. The second-order valence-electron chi connectivity index (χ2n) is 8.55. The van der Waals surface area contributed by atoms with Crippen molar-refractivity contribution in [2.24, 2.45) is 0 Å². The van der Waals surface area contributed by atoms with E-state index in [1.807, 2.05) is 0 Å². The second-order valence-corrected chi connectivity index (χ2v) is 8.55. The maximum atomic E-state index is 14.2. The highest BCUT2D eigenvalue weighted by Crippen LogP contribution is 2.38. The molecule has 0 fully saturated rings. The fraction of sp³-hybridized carbons (Fsp3) is 0.0769. The first kappa shape index (κ1) is 24.3. The Morgan fingerprint density at radius 1 is 0.821 bits per heavy atom. The van der Waals surface area contributed by atoms with Crippen LogP contribution in [0.25, 0.3) is 45.2 Å². The molecule has 4 heterocycles. The van der Waals surface area contributed by atoms with Crippen molar-refractivity contribution in [3.63, 3.8) is 0 Å². The molecule has 0 unspecified atom stereocenters. The van der Waals surface area contributed by atoms with Gasteiger partial charge in [0, 0.05) is 17.3 Å². The van der Waals surface area contributed by atoms with Crippen molar-refractivity contribution < 1.29 is 22.0 Å². The van der Waals surface area contributed by atoms with Crippen LogP contribution in [0.2, 0.25) is 0 Å². The highest BCUT2D eigenvalue weighted by molar-refractivity contribution is 5.72.